The number of benzene rings is 1. The largest absolute Gasteiger partial charge is 0.435 e. The molecule has 1 aromatic heterocycles. The van der Waals surface area contributed by atoms with Crippen LogP contribution in [0.4, 0.5) is 4.39 Å². The first kappa shape index (κ1) is 14.8. The highest BCUT2D eigenvalue weighted by Crippen LogP contribution is 2.33. The molecule has 4 nitrogen and oxygen atoms in total. The van der Waals surface area contributed by atoms with Gasteiger partial charge in [0, 0.05) is 13.0 Å². The maximum Gasteiger partial charge on any atom is 0.292 e. The molecule has 1 saturated heterocycles. The van der Waals surface area contributed by atoms with Crippen molar-refractivity contribution in [3.63, 3.8) is 0 Å². The SMILES string of the molecule is CCc1nc(C)c(C(=O)N2CCC[C@@H]2c2ccc(F)cc2)o1. The van der Waals surface area contributed by atoms with Crippen molar-refractivity contribution in [2.45, 2.75) is 39.2 Å². The number of amides is 1. The molecule has 1 aliphatic rings. The Hall–Kier alpha value is -2.17. The number of rotatable bonds is 3. The Kier molecular flexibility index (Phi) is 3.96. The maximum atomic E-state index is 13.1. The first-order chi connectivity index (χ1) is 10.6. The fourth-order valence-electron chi connectivity index (χ4n) is 2.97. The minimum atomic E-state index is -0.265. The first-order valence-corrected chi connectivity index (χ1v) is 7.63. The molecular weight excluding hydrogens is 283 g/mol. The fraction of sp³-hybridized carbons (Fsp3) is 0.412. The van der Waals surface area contributed by atoms with E-state index in [1.54, 1.807) is 24.0 Å². The van der Waals surface area contributed by atoms with E-state index >= 15 is 0 Å². The summed E-state index contributed by atoms with van der Waals surface area (Å²) in [5.74, 6) is 0.513. The summed E-state index contributed by atoms with van der Waals surface area (Å²) in [5.41, 5.74) is 1.59. The molecule has 2 aromatic rings. The minimum absolute atomic E-state index is 0.0253. The number of oxazole rings is 1. The smallest absolute Gasteiger partial charge is 0.292 e. The van der Waals surface area contributed by atoms with Crippen LogP contribution in [0.3, 0.4) is 0 Å². The summed E-state index contributed by atoms with van der Waals surface area (Å²) in [6.07, 6.45) is 2.47. The molecule has 1 fully saturated rings. The van der Waals surface area contributed by atoms with Gasteiger partial charge in [0.15, 0.2) is 5.89 Å². The van der Waals surface area contributed by atoms with Crippen molar-refractivity contribution in [2.24, 2.45) is 0 Å². The number of hydrogen-bond acceptors (Lipinski definition) is 3. The van der Waals surface area contributed by atoms with E-state index in [-0.39, 0.29) is 17.8 Å². The Morgan fingerprint density at radius 3 is 2.77 bits per heavy atom. The van der Waals surface area contributed by atoms with E-state index in [1.807, 2.05) is 6.92 Å². The third-order valence-corrected chi connectivity index (χ3v) is 4.11. The van der Waals surface area contributed by atoms with Gasteiger partial charge in [-0.1, -0.05) is 19.1 Å². The van der Waals surface area contributed by atoms with E-state index in [0.29, 0.717) is 30.3 Å². The molecule has 5 heteroatoms. The molecule has 0 N–H and O–H groups in total. The van der Waals surface area contributed by atoms with Gasteiger partial charge in [-0.15, -0.1) is 0 Å². The fourth-order valence-corrected chi connectivity index (χ4v) is 2.97. The number of halogens is 1. The van der Waals surface area contributed by atoms with Gasteiger partial charge in [0.2, 0.25) is 5.76 Å². The Bertz CT molecular complexity index is 678. The lowest BCUT2D eigenvalue weighted by atomic mass is 10.0. The molecule has 0 spiro atoms. The normalized spacial score (nSPS) is 18.0. The Labute approximate surface area is 129 Å². The third kappa shape index (κ3) is 2.63. The zero-order valence-electron chi connectivity index (χ0n) is 12.8. The van der Waals surface area contributed by atoms with Crippen LogP contribution in [0.5, 0.6) is 0 Å². The van der Waals surface area contributed by atoms with E-state index in [2.05, 4.69) is 4.98 Å². The van der Waals surface area contributed by atoms with E-state index in [4.69, 9.17) is 4.42 Å². The third-order valence-electron chi connectivity index (χ3n) is 4.11. The Morgan fingerprint density at radius 1 is 1.41 bits per heavy atom. The van der Waals surface area contributed by atoms with Crippen molar-refractivity contribution in [3.8, 4) is 0 Å². The van der Waals surface area contributed by atoms with Gasteiger partial charge in [0.05, 0.1) is 11.7 Å². The second-order valence-corrected chi connectivity index (χ2v) is 5.58. The molecule has 0 aliphatic carbocycles. The molecule has 22 heavy (non-hydrogen) atoms. The van der Waals surface area contributed by atoms with Gasteiger partial charge < -0.3 is 9.32 Å². The lowest BCUT2D eigenvalue weighted by Gasteiger charge is -2.24. The molecular formula is C17H19FN2O2. The maximum absolute atomic E-state index is 13.1. The Morgan fingerprint density at radius 2 is 2.14 bits per heavy atom. The standard InChI is InChI=1S/C17H19FN2O2/c1-3-15-19-11(2)16(22-15)17(21)20-10-4-5-14(20)12-6-8-13(18)9-7-12/h6-9,14H,3-5,10H2,1-2H3/t14-/m1/s1. The van der Waals surface area contributed by atoms with Gasteiger partial charge in [-0.2, -0.15) is 0 Å². The predicted molar refractivity (Wildman–Crippen MR) is 80.0 cm³/mol. The van der Waals surface area contributed by atoms with Crippen LogP contribution in [0.15, 0.2) is 28.7 Å². The molecule has 1 aromatic carbocycles. The molecule has 116 valence electrons. The highest BCUT2D eigenvalue weighted by molar-refractivity contribution is 5.93. The number of aromatic nitrogens is 1. The summed E-state index contributed by atoms with van der Waals surface area (Å²) in [6.45, 7) is 4.41. The van der Waals surface area contributed by atoms with Crippen LogP contribution in [0, 0.1) is 12.7 Å². The summed E-state index contributed by atoms with van der Waals surface area (Å²) in [7, 11) is 0. The first-order valence-electron chi connectivity index (χ1n) is 7.63. The molecule has 3 rings (SSSR count). The molecule has 0 saturated carbocycles. The van der Waals surface area contributed by atoms with Crippen molar-refractivity contribution < 1.29 is 13.6 Å². The number of carbonyl (C=O) groups is 1. The molecule has 1 amide bonds. The second kappa shape index (κ2) is 5.91. The van der Waals surface area contributed by atoms with Crippen molar-refractivity contribution in [1.82, 2.24) is 9.88 Å². The highest BCUT2D eigenvalue weighted by atomic mass is 19.1. The van der Waals surface area contributed by atoms with E-state index in [0.717, 1.165) is 18.4 Å². The van der Waals surface area contributed by atoms with Crippen LogP contribution in [0.2, 0.25) is 0 Å². The second-order valence-electron chi connectivity index (χ2n) is 5.58. The van der Waals surface area contributed by atoms with Gasteiger partial charge in [0.25, 0.3) is 5.91 Å². The van der Waals surface area contributed by atoms with Gasteiger partial charge in [-0.05, 0) is 37.5 Å². The number of hydrogen-bond donors (Lipinski definition) is 0. The van der Waals surface area contributed by atoms with Crippen molar-refractivity contribution in [2.75, 3.05) is 6.54 Å². The van der Waals surface area contributed by atoms with Crippen molar-refractivity contribution >= 4 is 5.91 Å². The van der Waals surface area contributed by atoms with Gasteiger partial charge >= 0.3 is 0 Å². The quantitative estimate of drug-likeness (QED) is 0.869. The molecule has 1 aliphatic heterocycles. The minimum Gasteiger partial charge on any atom is -0.435 e. The molecule has 0 radical (unpaired) electrons. The number of likely N-dealkylation sites (tertiary alicyclic amines) is 1. The average Bonchev–Trinajstić information content (AvgIpc) is 3.14. The number of aryl methyl sites for hydroxylation is 2. The number of carbonyl (C=O) groups excluding carboxylic acids is 1. The van der Waals surface area contributed by atoms with E-state index in [1.165, 1.54) is 12.1 Å². The Balaban J connectivity index is 1.87. The summed E-state index contributed by atoms with van der Waals surface area (Å²) in [4.78, 5) is 18.8. The summed E-state index contributed by atoms with van der Waals surface area (Å²) < 4.78 is 18.7. The zero-order chi connectivity index (χ0) is 15.7. The predicted octanol–water partition coefficient (Wildman–Crippen LogP) is 3.66. The summed E-state index contributed by atoms with van der Waals surface area (Å²) >= 11 is 0. The lowest BCUT2D eigenvalue weighted by molar-refractivity contribution is 0.0700. The summed E-state index contributed by atoms with van der Waals surface area (Å²) in [6, 6.07) is 6.34. The average molecular weight is 302 g/mol. The van der Waals surface area contributed by atoms with E-state index in [9.17, 15) is 9.18 Å². The molecule has 0 bridgehead atoms. The highest BCUT2D eigenvalue weighted by Gasteiger charge is 2.33. The molecule has 1 atom stereocenters. The number of nitrogens with zero attached hydrogens (tertiary/aromatic N) is 2. The monoisotopic (exact) mass is 302 g/mol. The van der Waals surface area contributed by atoms with Crippen molar-refractivity contribution in [3.05, 3.63) is 53.0 Å². The van der Waals surface area contributed by atoms with Gasteiger partial charge in [-0.3, -0.25) is 4.79 Å². The zero-order valence-corrected chi connectivity index (χ0v) is 12.8. The lowest BCUT2D eigenvalue weighted by Crippen LogP contribution is -2.30. The van der Waals surface area contributed by atoms with Crippen LogP contribution in [0.25, 0.3) is 0 Å². The van der Waals surface area contributed by atoms with Crippen LogP contribution in [-0.2, 0) is 6.42 Å². The van der Waals surface area contributed by atoms with E-state index < -0.39 is 0 Å². The van der Waals surface area contributed by atoms with Crippen LogP contribution in [0.1, 0.15) is 53.5 Å². The topological polar surface area (TPSA) is 46.3 Å². The molecule has 2 heterocycles. The summed E-state index contributed by atoms with van der Waals surface area (Å²) in [5, 5.41) is 0. The van der Waals surface area contributed by atoms with Crippen LogP contribution in [-0.4, -0.2) is 22.3 Å². The van der Waals surface area contributed by atoms with Crippen molar-refractivity contribution in [1.29, 1.82) is 0 Å². The molecule has 0 unspecified atom stereocenters. The van der Waals surface area contributed by atoms with Crippen LogP contribution >= 0.6 is 0 Å². The van der Waals surface area contributed by atoms with Gasteiger partial charge in [0.1, 0.15) is 5.82 Å². The van der Waals surface area contributed by atoms with Crippen LogP contribution < -0.4 is 0 Å². The van der Waals surface area contributed by atoms with Gasteiger partial charge in [-0.25, -0.2) is 9.37 Å².